The van der Waals surface area contributed by atoms with Crippen LogP contribution in [0.15, 0.2) is 140 Å². The van der Waals surface area contributed by atoms with E-state index in [2.05, 4.69) is 24.3 Å². The van der Waals surface area contributed by atoms with Crippen molar-refractivity contribution in [3.05, 3.63) is 156 Å². The van der Waals surface area contributed by atoms with Gasteiger partial charge in [0.2, 0.25) is 0 Å². The van der Waals surface area contributed by atoms with Gasteiger partial charge in [-0.15, -0.1) is 0 Å². The van der Waals surface area contributed by atoms with Crippen molar-refractivity contribution in [3.63, 3.8) is 0 Å². The molecule has 41 heavy (non-hydrogen) atoms. The van der Waals surface area contributed by atoms with Crippen LogP contribution in [-0.4, -0.2) is 16.7 Å². The molecule has 0 aliphatic heterocycles. The summed E-state index contributed by atoms with van der Waals surface area (Å²) in [5, 5.41) is 7.46. The van der Waals surface area contributed by atoms with E-state index in [4.69, 9.17) is 0 Å². The van der Waals surface area contributed by atoms with E-state index in [-0.39, 0.29) is 11.8 Å². The third kappa shape index (κ3) is 4.14. The van der Waals surface area contributed by atoms with Gasteiger partial charge in [-0.25, -0.2) is 0 Å². The SMILES string of the molecule is C[C@@H](c1cccc2ccccc12)N(C(=O)c1cccc2ccccc12)C(=O)c1c2ccccc2cc2ccccc12. The number of carbonyl (C=O) groups is 2. The maximum Gasteiger partial charge on any atom is 0.262 e. The zero-order chi connectivity index (χ0) is 27.9. The molecule has 1 atom stereocenters. The molecule has 0 heterocycles. The topological polar surface area (TPSA) is 37.4 Å². The zero-order valence-electron chi connectivity index (χ0n) is 22.6. The molecule has 3 heteroatoms. The minimum atomic E-state index is -0.530. The standard InChI is InChI=1S/C38H27NO2/c1-25(30-22-10-16-26-12-2-6-18-31(26)30)39(37(40)35-23-11-17-27-13-3-7-19-32(27)35)38(41)36-33-20-8-4-14-28(33)24-29-15-5-9-21-34(29)36/h2-25H,1H3/t25-/m0/s1. The van der Waals surface area contributed by atoms with Crippen LogP contribution in [0, 0.1) is 0 Å². The van der Waals surface area contributed by atoms with E-state index >= 15 is 0 Å². The molecule has 196 valence electrons. The summed E-state index contributed by atoms with van der Waals surface area (Å²) in [6, 6.07) is 45.1. The van der Waals surface area contributed by atoms with E-state index in [1.165, 1.54) is 4.90 Å². The summed E-state index contributed by atoms with van der Waals surface area (Å²) in [4.78, 5) is 31.2. The number of carbonyl (C=O) groups excluding carboxylic acids is 2. The van der Waals surface area contributed by atoms with Gasteiger partial charge in [0.1, 0.15) is 0 Å². The van der Waals surface area contributed by atoms with Crippen LogP contribution in [0.4, 0.5) is 0 Å². The Morgan fingerprint density at radius 3 is 1.59 bits per heavy atom. The molecule has 0 aliphatic rings. The Balaban J connectivity index is 1.49. The smallest absolute Gasteiger partial charge is 0.262 e. The monoisotopic (exact) mass is 529 g/mol. The number of nitrogens with zero attached hydrogens (tertiary/aromatic N) is 1. The average Bonchev–Trinajstić information content (AvgIpc) is 3.02. The molecule has 0 saturated heterocycles. The highest BCUT2D eigenvalue weighted by molar-refractivity contribution is 6.24. The number of hydrogen-bond donors (Lipinski definition) is 0. The van der Waals surface area contributed by atoms with Gasteiger partial charge in [0.05, 0.1) is 11.6 Å². The number of benzene rings is 7. The lowest BCUT2D eigenvalue weighted by Gasteiger charge is -2.30. The molecule has 0 spiro atoms. The van der Waals surface area contributed by atoms with E-state index in [1.54, 1.807) is 0 Å². The molecule has 0 N–H and O–H groups in total. The highest BCUT2D eigenvalue weighted by Gasteiger charge is 2.33. The molecule has 0 bridgehead atoms. The van der Waals surface area contributed by atoms with Gasteiger partial charge in [0, 0.05) is 5.56 Å². The summed E-state index contributed by atoms with van der Waals surface area (Å²) in [5.41, 5.74) is 1.97. The van der Waals surface area contributed by atoms with Crippen molar-refractivity contribution in [1.29, 1.82) is 0 Å². The number of rotatable bonds is 4. The first kappa shape index (κ1) is 24.7. The lowest BCUT2D eigenvalue weighted by Crippen LogP contribution is -2.39. The van der Waals surface area contributed by atoms with Gasteiger partial charge in [-0.3, -0.25) is 14.5 Å². The van der Waals surface area contributed by atoms with Crippen molar-refractivity contribution in [2.45, 2.75) is 13.0 Å². The minimum absolute atomic E-state index is 0.309. The van der Waals surface area contributed by atoms with Crippen LogP contribution in [-0.2, 0) is 0 Å². The van der Waals surface area contributed by atoms with Crippen molar-refractivity contribution in [2.24, 2.45) is 0 Å². The minimum Gasteiger partial charge on any atom is -0.269 e. The van der Waals surface area contributed by atoms with Crippen LogP contribution in [0.25, 0.3) is 43.1 Å². The third-order valence-corrected chi connectivity index (χ3v) is 8.10. The lowest BCUT2D eigenvalue weighted by molar-refractivity contribution is 0.0560. The van der Waals surface area contributed by atoms with Crippen molar-refractivity contribution >= 4 is 54.9 Å². The largest absolute Gasteiger partial charge is 0.269 e. The van der Waals surface area contributed by atoms with E-state index in [0.29, 0.717) is 11.1 Å². The van der Waals surface area contributed by atoms with Crippen LogP contribution in [0.5, 0.6) is 0 Å². The fourth-order valence-corrected chi connectivity index (χ4v) is 6.10. The van der Waals surface area contributed by atoms with Crippen LogP contribution < -0.4 is 0 Å². The second-order valence-electron chi connectivity index (χ2n) is 10.4. The number of amides is 2. The van der Waals surface area contributed by atoms with Crippen molar-refractivity contribution < 1.29 is 9.59 Å². The van der Waals surface area contributed by atoms with Crippen LogP contribution in [0.3, 0.4) is 0 Å². The first-order valence-corrected chi connectivity index (χ1v) is 13.9. The van der Waals surface area contributed by atoms with Gasteiger partial charge in [-0.1, -0.05) is 127 Å². The van der Waals surface area contributed by atoms with Gasteiger partial charge in [-0.05, 0) is 67.7 Å². The summed E-state index contributed by atoms with van der Waals surface area (Å²) >= 11 is 0. The maximum atomic E-state index is 15.0. The summed E-state index contributed by atoms with van der Waals surface area (Å²) in [5.74, 6) is -0.624. The molecule has 0 aromatic heterocycles. The summed E-state index contributed by atoms with van der Waals surface area (Å²) in [6.07, 6.45) is 0. The highest BCUT2D eigenvalue weighted by Crippen LogP contribution is 2.35. The molecular formula is C38H27NO2. The number of imide groups is 1. The molecule has 7 rings (SSSR count). The lowest BCUT2D eigenvalue weighted by atomic mass is 9.93. The number of fused-ring (bicyclic) bond motifs is 4. The fraction of sp³-hybridized carbons (Fsp3) is 0.0526. The van der Waals surface area contributed by atoms with Crippen LogP contribution in [0.1, 0.15) is 39.2 Å². The van der Waals surface area contributed by atoms with Crippen molar-refractivity contribution in [2.75, 3.05) is 0 Å². The van der Waals surface area contributed by atoms with Gasteiger partial charge >= 0.3 is 0 Å². The maximum absolute atomic E-state index is 15.0. The molecule has 2 amide bonds. The van der Waals surface area contributed by atoms with Crippen molar-refractivity contribution in [3.8, 4) is 0 Å². The normalized spacial score (nSPS) is 12.1. The van der Waals surface area contributed by atoms with Crippen LogP contribution in [0.2, 0.25) is 0 Å². The highest BCUT2D eigenvalue weighted by atomic mass is 16.2. The quantitative estimate of drug-likeness (QED) is 0.168. The number of hydrogen-bond acceptors (Lipinski definition) is 2. The molecule has 3 nitrogen and oxygen atoms in total. The van der Waals surface area contributed by atoms with Gasteiger partial charge in [0.15, 0.2) is 0 Å². The summed E-state index contributed by atoms with van der Waals surface area (Å²) in [7, 11) is 0. The average molecular weight is 530 g/mol. The zero-order valence-corrected chi connectivity index (χ0v) is 22.6. The molecule has 0 radical (unpaired) electrons. The summed E-state index contributed by atoms with van der Waals surface area (Å²) in [6.45, 7) is 1.95. The van der Waals surface area contributed by atoms with E-state index in [9.17, 15) is 9.59 Å². The Morgan fingerprint density at radius 2 is 0.951 bits per heavy atom. The van der Waals surface area contributed by atoms with E-state index in [1.807, 2.05) is 122 Å². The van der Waals surface area contributed by atoms with Crippen LogP contribution >= 0.6 is 0 Å². The molecule has 0 fully saturated rings. The van der Waals surface area contributed by atoms with Gasteiger partial charge in [-0.2, -0.15) is 0 Å². The van der Waals surface area contributed by atoms with E-state index in [0.717, 1.165) is 48.7 Å². The molecule has 7 aromatic rings. The Bertz CT molecular complexity index is 2060. The van der Waals surface area contributed by atoms with E-state index < -0.39 is 6.04 Å². The molecule has 7 aromatic carbocycles. The molecule has 0 aliphatic carbocycles. The Morgan fingerprint density at radius 1 is 0.488 bits per heavy atom. The Kier molecular flexibility index (Phi) is 6.06. The first-order valence-electron chi connectivity index (χ1n) is 13.9. The predicted molar refractivity (Wildman–Crippen MR) is 168 cm³/mol. The predicted octanol–water partition coefficient (Wildman–Crippen LogP) is 9.34. The third-order valence-electron chi connectivity index (χ3n) is 8.10. The molecular weight excluding hydrogens is 502 g/mol. The Hall–Kier alpha value is -5.28. The van der Waals surface area contributed by atoms with Gasteiger partial charge < -0.3 is 0 Å². The first-order chi connectivity index (χ1) is 20.1. The van der Waals surface area contributed by atoms with Crippen molar-refractivity contribution in [1.82, 2.24) is 4.90 Å². The second kappa shape index (κ2) is 10.0. The summed E-state index contributed by atoms with van der Waals surface area (Å²) < 4.78 is 0. The Labute approximate surface area is 238 Å². The second-order valence-corrected chi connectivity index (χ2v) is 10.4. The molecule has 0 saturated carbocycles. The fourth-order valence-electron chi connectivity index (χ4n) is 6.10. The molecule has 0 unspecified atom stereocenters. The van der Waals surface area contributed by atoms with Gasteiger partial charge in [0.25, 0.3) is 11.8 Å².